The summed E-state index contributed by atoms with van der Waals surface area (Å²) in [5.74, 6) is 0.858. The highest BCUT2D eigenvalue weighted by Gasteiger charge is 2.02. The standard InChI is InChI=1S/C14H23N/c1-3-4-5-7-13(2)9-10-14-8-6-11-15-12-14/h6,8,11-13H,3-5,7,9-10H2,1-2H3. The molecule has 0 aliphatic rings. The Morgan fingerprint density at radius 2 is 2.13 bits per heavy atom. The van der Waals surface area contributed by atoms with Crippen LogP contribution in [0.15, 0.2) is 24.5 Å². The molecule has 1 nitrogen and oxygen atoms in total. The first-order chi connectivity index (χ1) is 7.33. The van der Waals surface area contributed by atoms with Gasteiger partial charge in [-0.1, -0.05) is 45.6 Å². The predicted molar refractivity (Wildman–Crippen MR) is 65.9 cm³/mol. The van der Waals surface area contributed by atoms with Gasteiger partial charge < -0.3 is 0 Å². The van der Waals surface area contributed by atoms with E-state index in [-0.39, 0.29) is 0 Å². The lowest BCUT2D eigenvalue weighted by molar-refractivity contribution is 0.464. The van der Waals surface area contributed by atoms with Gasteiger partial charge in [0.25, 0.3) is 0 Å². The van der Waals surface area contributed by atoms with Crippen LogP contribution in [-0.4, -0.2) is 4.98 Å². The second kappa shape index (κ2) is 7.44. The smallest absolute Gasteiger partial charge is 0.0299 e. The number of aryl methyl sites for hydroxylation is 1. The van der Waals surface area contributed by atoms with Crippen molar-refractivity contribution in [3.05, 3.63) is 30.1 Å². The zero-order valence-electron chi connectivity index (χ0n) is 10.1. The molecule has 1 unspecified atom stereocenters. The number of rotatable bonds is 7. The summed E-state index contributed by atoms with van der Waals surface area (Å²) in [6.07, 6.45) is 11.8. The van der Waals surface area contributed by atoms with E-state index < -0.39 is 0 Å². The molecule has 0 bridgehead atoms. The zero-order valence-corrected chi connectivity index (χ0v) is 10.1. The summed E-state index contributed by atoms with van der Waals surface area (Å²) >= 11 is 0. The summed E-state index contributed by atoms with van der Waals surface area (Å²) in [4.78, 5) is 4.14. The first kappa shape index (κ1) is 12.2. The topological polar surface area (TPSA) is 12.9 Å². The summed E-state index contributed by atoms with van der Waals surface area (Å²) in [6.45, 7) is 4.63. The zero-order chi connectivity index (χ0) is 10.9. The third kappa shape index (κ3) is 5.56. The van der Waals surface area contributed by atoms with Crippen LogP contribution in [0.4, 0.5) is 0 Å². The van der Waals surface area contributed by atoms with Gasteiger partial charge in [0, 0.05) is 12.4 Å². The van der Waals surface area contributed by atoms with Crippen molar-refractivity contribution in [1.29, 1.82) is 0 Å². The maximum atomic E-state index is 4.14. The number of nitrogens with zero attached hydrogens (tertiary/aromatic N) is 1. The minimum Gasteiger partial charge on any atom is -0.264 e. The first-order valence-electron chi connectivity index (χ1n) is 6.21. The number of hydrogen-bond donors (Lipinski definition) is 0. The minimum atomic E-state index is 0.858. The van der Waals surface area contributed by atoms with Crippen molar-refractivity contribution in [2.45, 2.75) is 52.4 Å². The monoisotopic (exact) mass is 205 g/mol. The van der Waals surface area contributed by atoms with E-state index in [1.807, 2.05) is 18.5 Å². The Labute approximate surface area is 93.9 Å². The fourth-order valence-corrected chi connectivity index (χ4v) is 1.85. The summed E-state index contributed by atoms with van der Waals surface area (Å²) in [7, 11) is 0. The number of hydrogen-bond acceptors (Lipinski definition) is 1. The molecule has 1 rings (SSSR count). The van der Waals surface area contributed by atoms with Gasteiger partial charge in [0.15, 0.2) is 0 Å². The average Bonchev–Trinajstić information content (AvgIpc) is 2.28. The largest absolute Gasteiger partial charge is 0.264 e. The fourth-order valence-electron chi connectivity index (χ4n) is 1.85. The van der Waals surface area contributed by atoms with Gasteiger partial charge in [-0.25, -0.2) is 0 Å². The molecule has 0 fully saturated rings. The molecule has 1 heteroatoms. The molecule has 0 saturated carbocycles. The molecule has 15 heavy (non-hydrogen) atoms. The van der Waals surface area contributed by atoms with E-state index in [1.165, 1.54) is 44.1 Å². The van der Waals surface area contributed by atoms with E-state index in [2.05, 4.69) is 24.9 Å². The van der Waals surface area contributed by atoms with E-state index in [4.69, 9.17) is 0 Å². The molecular formula is C14H23N. The van der Waals surface area contributed by atoms with Gasteiger partial charge >= 0.3 is 0 Å². The third-order valence-electron chi connectivity index (χ3n) is 2.95. The average molecular weight is 205 g/mol. The lowest BCUT2D eigenvalue weighted by Gasteiger charge is -2.10. The minimum absolute atomic E-state index is 0.858. The Balaban J connectivity index is 2.14. The third-order valence-corrected chi connectivity index (χ3v) is 2.95. The molecule has 0 N–H and O–H groups in total. The molecule has 0 aliphatic carbocycles. The number of aromatic nitrogens is 1. The van der Waals surface area contributed by atoms with Crippen LogP contribution in [0.2, 0.25) is 0 Å². The van der Waals surface area contributed by atoms with Crippen molar-refractivity contribution in [1.82, 2.24) is 4.98 Å². The van der Waals surface area contributed by atoms with Gasteiger partial charge in [-0.05, 0) is 30.4 Å². The van der Waals surface area contributed by atoms with Gasteiger partial charge in [0.1, 0.15) is 0 Å². The highest BCUT2D eigenvalue weighted by atomic mass is 14.6. The Bertz CT molecular complexity index is 243. The molecule has 1 heterocycles. The molecule has 0 saturated heterocycles. The summed E-state index contributed by atoms with van der Waals surface area (Å²) in [5, 5.41) is 0. The molecular weight excluding hydrogens is 182 g/mol. The first-order valence-corrected chi connectivity index (χ1v) is 6.21. The van der Waals surface area contributed by atoms with Crippen LogP contribution >= 0.6 is 0 Å². The SMILES string of the molecule is CCCCCC(C)CCc1cccnc1. The van der Waals surface area contributed by atoms with Crippen molar-refractivity contribution < 1.29 is 0 Å². The quantitative estimate of drug-likeness (QED) is 0.607. The number of pyridine rings is 1. The predicted octanol–water partition coefficient (Wildman–Crippen LogP) is 4.23. The van der Waals surface area contributed by atoms with Gasteiger partial charge in [0.2, 0.25) is 0 Å². The summed E-state index contributed by atoms with van der Waals surface area (Å²) in [5.41, 5.74) is 1.37. The van der Waals surface area contributed by atoms with Crippen LogP contribution < -0.4 is 0 Å². The van der Waals surface area contributed by atoms with Crippen molar-refractivity contribution in [2.75, 3.05) is 0 Å². The van der Waals surface area contributed by atoms with Crippen molar-refractivity contribution >= 4 is 0 Å². The summed E-state index contributed by atoms with van der Waals surface area (Å²) < 4.78 is 0. The number of unbranched alkanes of at least 4 members (excludes halogenated alkanes) is 2. The molecule has 1 aromatic heterocycles. The van der Waals surface area contributed by atoms with Crippen LogP contribution in [0.25, 0.3) is 0 Å². The molecule has 84 valence electrons. The van der Waals surface area contributed by atoms with Gasteiger partial charge in [-0.2, -0.15) is 0 Å². The molecule has 0 spiro atoms. The molecule has 0 aliphatic heterocycles. The molecule has 1 aromatic rings. The molecule has 0 aromatic carbocycles. The van der Waals surface area contributed by atoms with E-state index >= 15 is 0 Å². The molecule has 1 atom stereocenters. The highest BCUT2D eigenvalue weighted by Crippen LogP contribution is 2.15. The maximum Gasteiger partial charge on any atom is 0.0299 e. The second-order valence-electron chi connectivity index (χ2n) is 4.50. The van der Waals surface area contributed by atoms with Crippen LogP contribution in [0.1, 0.15) is 51.5 Å². The van der Waals surface area contributed by atoms with E-state index in [0.29, 0.717) is 0 Å². The van der Waals surface area contributed by atoms with E-state index in [9.17, 15) is 0 Å². The van der Waals surface area contributed by atoms with Crippen molar-refractivity contribution in [3.63, 3.8) is 0 Å². The van der Waals surface area contributed by atoms with Crippen LogP contribution in [0.3, 0.4) is 0 Å². The Morgan fingerprint density at radius 3 is 2.80 bits per heavy atom. The lowest BCUT2D eigenvalue weighted by Crippen LogP contribution is -1.97. The van der Waals surface area contributed by atoms with Gasteiger partial charge in [0.05, 0.1) is 0 Å². The van der Waals surface area contributed by atoms with Gasteiger partial charge in [-0.15, -0.1) is 0 Å². The van der Waals surface area contributed by atoms with Crippen LogP contribution in [-0.2, 0) is 6.42 Å². The molecule has 0 amide bonds. The van der Waals surface area contributed by atoms with Crippen molar-refractivity contribution in [2.24, 2.45) is 5.92 Å². The maximum absolute atomic E-state index is 4.14. The van der Waals surface area contributed by atoms with Crippen LogP contribution in [0, 0.1) is 5.92 Å². The summed E-state index contributed by atoms with van der Waals surface area (Å²) in [6, 6.07) is 4.20. The van der Waals surface area contributed by atoms with E-state index in [1.54, 1.807) is 0 Å². The lowest BCUT2D eigenvalue weighted by atomic mass is 9.96. The normalized spacial score (nSPS) is 12.7. The van der Waals surface area contributed by atoms with Crippen LogP contribution in [0.5, 0.6) is 0 Å². The van der Waals surface area contributed by atoms with Crippen molar-refractivity contribution in [3.8, 4) is 0 Å². The Morgan fingerprint density at radius 1 is 1.27 bits per heavy atom. The van der Waals surface area contributed by atoms with Gasteiger partial charge in [-0.3, -0.25) is 4.98 Å². The van der Waals surface area contributed by atoms with E-state index in [0.717, 1.165) is 5.92 Å². The Kier molecular flexibility index (Phi) is 6.06. The fraction of sp³-hybridized carbons (Fsp3) is 0.643. The second-order valence-corrected chi connectivity index (χ2v) is 4.50. The molecule has 0 radical (unpaired) electrons. The Hall–Kier alpha value is -0.850. The highest BCUT2D eigenvalue weighted by molar-refractivity contribution is 5.08.